The predicted molar refractivity (Wildman–Crippen MR) is 82.4 cm³/mol. The van der Waals surface area contributed by atoms with Gasteiger partial charge in [-0.1, -0.05) is 44.4 Å². The molecule has 1 saturated carbocycles. The van der Waals surface area contributed by atoms with E-state index in [1.807, 2.05) is 18.2 Å². The Morgan fingerprint density at radius 3 is 2.90 bits per heavy atom. The summed E-state index contributed by atoms with van der Waals surface area (Å²) < 4.78 is 0. The van der Waals surface area contributed by atoms with Crippen molar-refractivity contribution in [3.8, 4) is 0 Å². The van der Waals surface area contributed by atoms with Gasteiger partial charge in [-0.15, -0.1) is 0 Å². The number of primary amides is 1. The largest absolute Gasteiger partial charge is 0.366 e. The number of carbonyl (C=O) groups is 1. The third-order valence-corrected chi connectivity index (χ3v) is 4.37. The molecule has 0 aliphatic heterocycles. The second-order valence-electron chi connectivity index (χ2n) is 6.12. The molecule has 1 aliphatic carbocycles. The molecule has 0 radical (unpaired) electrons. The molecule has 2 rings (SSSR count). The fourth-order valence-corrected chi connectivity index (χ4v) is 3.27. The zero-order chi connectivity index (χ0) is 14.4. The molecule has 1 aromatic rings. The zero-order valence-electron chi connectivity index (χ0n) is 12.4. The lowest BCUT2D eigenvalue weighted by molar-refractivity contribution is 0.0999. The van der Waals surface area contributed by atoms with Gasteiger partial charge in [0, 0.05) is 12.1 Å². The number of nitrogens with one attached hydrogen (secondary N) is 1. The second-order valence-corrected chi connectivity index (χ2v) is 6.12. The highest BCUT2D eigenvalue weighted by Crippen LogP contribution is 2.30. The molecule has 110 valence electrons. The maximum absolute atomic E-state index is 11.3. The average molecular weight is 274 g/mol. The van der Waals surface area contributed by atoms with E-state index in [0.29, 0.717) is 5.56 Å². The molecule has 3 heteroatoms. The van der Waals surface area contributed by atoms with Gasteiger partial charge in [-0.05, 0) is 42.9 Å². The van der Waals surface area contributed by atoms with E-state index in [1.54, 1.807) is 6.07 Å². The van der Waals surface area contributed by atoms with Gasteiger partial charge in [0.25, 0.3) is 0 Å². The van der Waals surface area contributed by atoms with Gasteiger partial charge in [0.05, 0.1) is 0 Å². The Labute approximate surface area is 121 Å². The third kappa shape index (κ3) is 4.34. The molecule has 1 fully saturated rings. The molecule has 1 amide bonds. The van der Waals surface area contributed by atoms with Crippen LogP contribution in [-0.4, -0.2) is 12.5 Å². The van der Waals surface area contributed by atoms with Crippen LogP contribution in [0.3, 0.4) is 0 Å². The quantitative estimate of drug-likeness (QED) is 0.783. The number of rotatable bonds is 6. The van der Waals surface area contributed by atoms with Gasteiger partial charge in [0.1, 0.15) is 0 Å². The van der Waals surface area contributed by atoms with Crippen molar-refractivity contribution >= 4 is 5.91 Å². The molecule has 0 spiro atoms. The molecule has 0 aromatic heterocycles. The number of nitrogens with two attached hydrogens (primary N) is 1. The highest BCUT2D eigenvalue weighted by Gasteiger charge is 2.18. The van der Waals surface area contributed by atoms with Crippen molar-refractivity contribution in [3.63, 3.8) is 0 Å². The van der Waals surface area contributed by atoms with Crippen LogP contribution < -0.4 is 11.1 Å². The van der Waals surface area contributed by atoms with Gasteiger partial charge in [-0.3, -0.25) is 4.79 Å². The van der Waals surface area contributed by atoms with Crippen molar-refractivity contribution < 1.29 is 4.79 Å². The topological polar surface area (TPSA) is 55.1 Å². The average Bonchev–Trinajstić information content (AvgIpc) is 2.44. The summed E-state index contributed by atoms with van der Waals surface area (Å²) in [5.74, 6) is 1.42. The summed E-state index contributed by atoms with van der Waals surface area (Å²) in [5, 5.41) is 3.45. The van der Waals surface area contributed by atoms with E-state index < -0.39 is 0 Å². The summed E-state index contributed by atoms with van der Waals surface area (Å²) in [6.07, 6.45) is 6.78. The van der Waals surface area contributed by atoms with Crippen LogP contribution in [0.5, 0.6) is 0 Å². The first-order chi connectivity index (χ1) is 9.66. The lowest BCUT2D eigenvalue weighted by Gasteiger charge is -2.26. The van der Waals surface area contributed by atoms with Crippen molar-refractivity contribution in [2.75, 3.05) is 6.54 Å². The summed E-state index contributed by atoms with van der Waals surface area (Å²) in [5.41, 5.74) is 7.01. The number of benzene rings is 1. The van der Waals surface area contributed by atoms with Crippen LogP contribution in [-0.2, 0) is 6.54 Å². The first-order valence-corrected chi connectivity index (χ1v) is 7.75. The monoisotopic (exact) mass is 274 g/mol. The number of carbonyl (C=O) groups excluding carboxylic acids is 1. The third-order valence-electron chi connectivity index (χ3n) is 4.37. The molecule has 2 unspecified atom stereocenters. The lowest BCUT2D eigenvalue weighted by atomic mass is 9.81. The van der Waals surface area contributed by atoms with Crippen LogP contribution in [0.1, 0.15) is 54.9 Å². The van der Waals surface area contributed by atoms with Gasteiger partial charge in [-0.2, -0.15) is 0 Å². The number of amides is 1. The van der Waals surface area contributed by atoms with Crippen molar-refractivity contribution in [2.24, 2.45) is 17.6 Å². The summed E-state index contributed by atoms with van der Waals surface area (Å²) >= 11 is 0. The van der Waals surface area contributed by atoms with E-state index in [2.05, 4.69) is 12.2 Å². The molecule has 1 aliphatic rings. The van der Waals surface area contributed by atoms with E-state index in [9.17, 15) is 4.79 Å². The van der Waals surface area contributed by atoms with Crippen LogP contribution >= 0.6 is 0 Å². The Hall–Kier alpha value is -1.35. The fraction of sp³-hybridized carbons (Fsp3) is 0.588. The van der Waals surface area contributed by atoms with E-state index >= 15 is 0 Å². The summed E-state index contributed by atoms with van der Waals surface area (Å²) in [7, 11) is 0. The van der Waals surface area contributed by atoms with Crippen molar-refractivity contribution in [3.05, 3.63) is 35.4 Å². The SMILES string of the molecule is CC1CCCC(CCNCc2ccccc2C(N)=O)C1. The Morgan fingerprint density at radius 1 is 1.35 bits per heavy atom. The molecular weight excluding hydrogens is 248 g/mol. The van der Waals surface area contributed by atoms with Gasteiger partial charge >= 0.3 is 0 Å². The van der Waals surface area contributed by atoms with Crippen molar-refractivity contribution in [1.82, 2.24) is 5.32 Å². The zero-order valence-corrected chi connectivity index (χ0v) is 12.4. The normalized spacial score (nSPS) is 22.6. The van der Waals surface area contributed by atoms with Gasteiger partial charge in [-0.25, -0.2) is 0 Å². The smallest absolute Gasteiger partial charge is 0.249 e. The maximum Gasteiger partial charge on any atom is 0.249 e. The Kier molecular flexibility index (Phi) is 5.60. The molecule has 2 atom stereocenters. The van der Waals surface area contributed by atoms with Gasteiger partial charge in [0.2, 0.25) is 5.91 Å². The molecular formula is C17H26N2O. The first-order valence-electron chi connectivity index (χ1n) is 7.75. The van der Waals surface area contributed by atoms with E-state index in [1.165, 1.54) is 32.1 Å². The minimum absolute atomic E-state index is 0.344. The van der Waals surface area contributed by atoms with Crippen LogP contribution in [0.25, 0.3) is 0 Å². The van der Waals surface area contributed by atoms with E-state index in [4.69, 9.17) is 5.73 Å². The number of hydrogen-bond acceptors (Lipinski definition) is 2. The standard InChI is InChI=1S/C17H26N2O/c1-13-5-4-6-14(11-13)9-10-19-12-15-7-2-3-8-16(15)17(18)20/h2-3,7-8,13-14,19H,4-6,9-12H2,1H3,(H2,18,20). The molecule has 1 aromatic carbocycles. The van der Waals surface area contributed by atoms with Gasteiger partial charge in [0.15, 0.2) is 0 Å². The summed E-state index contributed by atoms with van der Waals surface area (Å²) in [4.78, 5) is 11.3. The molecule has 20 heavy (non-hydrogen) atoms. The van der Waals surface area contributed by atoms with Crippen LogP contribution in [0.2, 0.25) is 0 Å². The first kappa shape index (κ1) is 15.0. The summed E-state index contributed by atoms with van der Waals surface area (Å²) in [6.45, 7) is 4.11. The fourth-order valence-electron chi connectivity index (χ4n) is 3.27. The van der Waals surface area contributed by atoms with E-state index in [0.717, 1.165) is 30.5 Å². The molecule has 3 N–H and O–H groups in total. The minimum Gasteiger partial charge on any atom is -0.366 e. The minimum atomic E-state index is -0.344. The Morgan fingerprint density at radius 2 is 2.15 bits per heavy atom. The highest BCUT2D eigenvalue weighted by molar-refractivity contribution is 5.94. The molecule has 0 heterocycles. The van der Waals surface area contributed by atoms with Crippen molar-refractivity contribution in [2.45, 2.75) is 45.6 Å². The van der Waals surface area contributed by atoms with E-state index in [-0.39, 0.29) is 5.91 Å². The second kappa shape index (κ2) is 7.44. The molecule has 3 nitrogen and oxygen atoms in total. The Balaban J connectivity index is 1.74. The number of hydrogen-bond donors (Lipinski definition) is 2. The summed E-state index contributed by atoms with van der Waals surface area (Å²) in [6, 6.07) is 7.57. The highest BCUT2D eigenvalue weighted by atomic mass is 16.1. The maximum atomic E-state index is 11.3. The van der Waals surface area contributed by atoms with Crippen LogP contribution in [0.4, 0.5) is 0 Å². The van der Waals surface area contributed by atoms with Crippen molar-refractivity contribution in [1.29, 1.82) is 0 Å². The predicted octanol–water partition coefficient (Wildman–Crippen LogP) is 3.09. The van der Waals surface area contributed by atoms with Crippen LogP contribution in [0.15, 0.2) is 24.3 Å². The Bertz CT molecular complexity index is 444. The molecule has 0 saturated heterocycles. The molecule has 0 bridgehead atoms. The van der Waals surface area contributed by atoms with Crippen LogP contribution in [0, 0.1) is 11.8 Å². The van der Waals surface area contributed by atoms with Gasteiger partial charge < -0.3 is 11.1 Å². The lowest BCUT2D eigenvalue weighted by Crippen LogP contribution is -2.22.